The SMILES string of the molecule is CCC12C=CCN3CCC4(C(=C(C(=O)OC)C1)Nc1cc(O)c(C5C=CC6(CC)CC(C(=O)OC)=C7Nc8c(O)cccc8C78CCN5C68)cc14)C32. The molecule has 4 N–H and O–H groups in total. The largest absolute Gasteiger partial charge is 0.508 e. The molecule has 0 aromatic heterocycles. The molecule has 2 aliphatic carbocycles. The maximum absolute atomic E-state index is 13.5. The molecule has 52 heavy (non-hydrogen) atoms. The third kappa shape index (κ3) is 3.58. The summed E-state index contributed by atoms with van der Waals surface area (Å²) in [4.78, 5) is 32.2. The summed E-state index contributed by atoms with van der Waals surface area (Å²) >= 11 is 0. The van der Waals surface area contributed by atoms with Crippen molar-refractivity contribution in [2.24, 2.45) is 10.8 Å². The predicted molar refractivity (Wildman–Crippen MR) is 196 cm³/mol. The van der Waals surface area contributed by atoms with Crippen LogP contribution in [0.15, 0.2) is 77.2 Å². The number of esters is 2. The van der Waals surface area contributed by atoms with Crippen molar-refractivity contribution in [3.8, 4) is 11.5 Å². The number of carbonyl (C=O) groups is 2. The number of phenolic OH excluding ortho intramolecular Hbond substituents is 2. The molecule has 7 unspecified atom stereocenters. The van der Waals surface area contributed by atoms with Crippen LogP contribution in [0.3, 0.4) is 0 Å². The third-order valence-electron chi connectivity index (χ3n) is 14.7. The van der Waals surface area contributed by atoms with Crippen LogP contribution in [0, 0.1) is 10.8 Å². The maximum Gasteiger partial charge on any atom is 0.335 e. The lowest BCUT2D eigenvalue weighted by Crippen LogP contribution is -2.59. The van der Waals surface area contributed by atoms with Crippen molar-refractivity contribution in [3.63, 3.8) is 0 Å². The Morgan fingerprint density at radius 2 is 1.52 bits per heavy atom. The minimum atomic E-state index is -0.572. The molecule has 0 bridgehead atoms. The minimum Gasteiger partial charge on any atom is -0.508 e. The van der Waals surface area contributed by atoms with Crippen LogP contribution in [-0.4, -0.2) is 77.9 Å². The van der Waals surface area contributed by atoms with Crippen LogP contribution < -0.4 is 10.6 Å². The molecule has 2 aromatic carbocycles. The summed E-state index contributed by atoms with van der Waals surface area (Å²) in [5.41, 5.74) is 6.01. The van der Waals surface area contributed by atoms with Gasteiger partial charge in [0.1, 0.15) is 11.5 Å². The molecule has 0 amide bonds. The van der Waals surface area contributed by atoms with E-state index in [1.54, 1.807) is 6.07 Å². The van der Waals surface area contributed by atoms with Crippen molar-refractivity contribution in [3.05, 3.63) is 93.9 Å². The van der Waals surface area contributed by atoms with E-state index >= 15 is 0 Å². The summed E-state index contributed by atoms with van der Waals surface area (Å²) < 4.78 is 10.8. The number of rotatable bonds is 5. The molecule has 2 saturated heterocycles. The first-order valence-corrected chi connectivity index (χ1v) is 18.9. The quantitative estimate of drug-likeness (QED) is 0.170. The Hall–Kier alpha value is -4.54. The highest BCUT2D eigenvalue weighted by molar-refractivity contribution is 5.95. The monoisotopic (exact) mass is 702 g/mol. The number of nitrogens with one attached hydrogen (secondary N) is 2. The van der Waals surface area contributed by atoms with Gasteiger partial charge in [0.05, 0.1) is 47.9 Å². The van der Waals surface area contributed by atoms with Crippen LogP contribution in [0.1, 0.15) is 75.1 Å². The fraction of sp³-hybridized carbons (Fsp3) is 0.476. The fourth-order valence-corrected chi connectivity index (χ4v) is 12.7. The molecule has 7 atom stereocenters. The van der Waals surface area contributed by atoms with E-state index in [0.717, 1.165) is 79.1 Å². The predicted octanol–water partition coefficient (Wildman–Crippen LogP) is 5.91. The number of methoxy groups -OCH3 is 2. The molecule has 2 fully saturated rings. The Balaban J connectivity index is 1.15. The molecule has 10 nitrogen and oxygen atoms in total. The number of nitrogens with zero attached hydrogens (tertiary/aromatic N) is 2. The first-order valence-electron chi connectivity index (χ1n) is 18.9. The summed E-state index contributed by atoms with van der Waals surface area (Å²) in [6, 6.07) is 9.68. The van der Waals surface area contributed by atoms with E-state index < -0.39 is 10.8 Å². The van der Waals surface area contributed by atoms with Crippen molar-refractivity contribution in [2.75, 3.05) is 44.5 Å². The van der Waals surface area contributed by atoms with Gasteiger partial charge in [0.25, 0.3) is 0 Å². The van der Waals surface area contributed by atoms with Crippen molar-refractivity contribution in [1.29, 1.82) is 0 Å². The number of carbonyl (C=O) groups excluding carboxylic acids is 2. The molecular weight excluding hydrogens is 656 g/mol. The summed E-state index contributed by atoms with van der Waals surface area (Å²) in [7, 11) is 2.90. The molecule has 2 spiro atoms. The van der Waals surface area contributed by atoms with Gasteiger partial charge < -0.3 is 30.3 Å². The zero-order valence-electron chi connectivity index (χ0n) is 30.2. The van der Waals surface area contributed by atoms with Gasteiger partial charge in [-0.05, 0) is 61.8 Å². The number of para-hydroxylation sites is 1. The van der Waals surface area contributed by atoms with Gasteiger partial charge in [-0.3, -0.25) is 9.80 Å². The number of phenols is 2. The zero-order chi connectivity index (χ0) is 35.9. The maximum atomic E-state index is 13.5. The number of aromatic hydroxyl groups is 2. The lowest BCUT2D eigenvalue weighted by atomic mass is 9.54. The molecule has 0 saturated carbocycles. The summed E-state index contributed by atoms with van der Waals surface area (Å²) in [5.74, 6) is -0.254. The molecule has 6 aliphatic heterocycles. The highest BCUT2D eigenvalue weighted by atomic mass is 16.5. The van der Waals surface area contributed by atoms with Crippen LogP contribution in [-0.2, 0) is 29.9 Å². The highest BCUT2D eigenvalue weighted by Gasteiger charge is 2.68. The fourth-order valence-electron chi connectivity index (χ4n) is 12.7. The molecule has 270 valence electrons. The topological polar surface area (TPSA) is 124 Å². The Bertz CT molecular complexity index is 2120. The van der Waals surface area contributed by atoms with Crippen molar-refractivity contribution < 1.29 is 29.3 Å². The van der Waals surface area contributed by atoms with Crippen molar-refractivity contribution in [1.82, 2.24) is 9.80 Å². The Morgan fingerprint density at radius 3 is 2.23 bits per heavy atom. The van der Waals surface area contributed by atoms with Gasteiger partial charge >= 0.3 is 11.9 Å². The van der Waals surface area contributed by atoms with Gasteiger partial charge in [-0.2, -0.15) is 0 Å². The van der Waals surface area contributed by atoms with Crippen LogP contribution in [0.25, 0.3) is 0 Å². The summed E-state index contributed by atoms with van der Waals surface area (Å²) in [5, 5.41) is 30.3. The smallest absolute Gasteiger partial charge is 0.335 e. The number of anilines is 2. The third-order valence-corrected chi connectivity index (χ3v) is 14.7. The Morgan fingerprint density at radius 1 is 0.846 bits per heavy atom. The van der Waals surface area contributed by atoms with Crippen LogP contribution >= 0.6 is 0 Å². The van der Waals surface area contributed by atoms with E-state index in [1.165, 1.54) is 14.2 Å². The Labute approximate surface area is 303 Å². The normalized spacial score (nSPS) is 36.0. The molecule has 10 heteroatoms. The summed E-state index contributed by atoms with van der Waals surface area (Å²) in [6.45, 7) is 6.95. The van der Waals surface area contributed by atoms with Crippen LogP contribution in [0.2, 0.25) is 0 Å². The lowest BCUT2D eigenvalue weighted by molar-refractivity contribution is -0.138. The number of benzene rings is 2. The second-order valence-electron chi connectivity index (χ2n) is 16.3. The molecule has 8 aliphatic rings. The second-order valence-corrected chi connectivity index (χ2v) is 16.3. The van der Waals surface area contributed by atoms with E-state index in [9.17, 15) is 19.8 Å². The van der Waals surface area contributed by atoms with Gasteiger partial charge in [0, 0.05) is 71.3 Å². The van der Waals surface area contributed by atoms with Gasteiger partial charge in [0.2, 0.25) is 0 Å². The number of hydrogen-bond donors (Lipinski definition) is 4. The van der Waals surface area contributed by atoms with Crippen molar-refractivity contribution in [2.45, 2.75) is 81.3 Å². The van der Waals surface area contributed by atoms with E-state index in [2.05, 4.69) is 70.7 Å². The van der Waals surface area contributed by atoms with Crippen LogP contribution in [0.5, 0.6) is 11.5 Å². The minimum absolute atomic E-state index is 0.0443. The first-order chi connectivity index (χ1) is 25.1. The second kappa shape index (κ2) is 10.5. The van der Waals surface area contributed by atoms with E-state index in [1.807, 2.05) is 12.1 Å². The van der Waals surface area contributed by atoms with E-state index in [-0.39, 0.29) is 52.4 Å². The Kier molecular flexibility index (Phi) is 6.51. The average Bonchev–Trinajstić information content (AvgIpc) is 3.93. The standard InChI is InChI=1S/C42H46N4O6/c1-5-39-12-8-16-45-17-14-42(37(39)45)27-19-23(31(48)20-28(27)43-33(42)24(21-39)35(49)51-3)29-11-13-40(6-2)22-25(36(50)52-4)34-41(15-18-46(29)38(40)41)26-9-7-10-30(47)32(26)44-34/h7-13,19-20,29,37-38,43-44,47-48H,5-6,14-18,21-22H2,1-4H3. The first kappa shape index (κ1) is 32.1. The molecule has 10 rings (SSSR count). The molecule has 0 radical (unpaired) electrons. The van der Waals surface area contributed by atoms with E-state index in [0.29, 0.717) is 29.7 Å². The van der Waals surface area contributed by atoms with Crippen LogP contribution in [0.4, 0.5) is 11.4 Å². The lowest BCUT2D eigenvalue weighted by Gasteiger charge is -2.55. The van der Waals surface area contributed by atoms with Gasteiger partial charge in [-0.15, -0.1) is 0 Å². The molecule has 2 aromatic rings. The summed E-state index contributed by atoms with van der Waals surface area (Å²) in [6.07, 6.45) is 13.6. The zero-order valence-corrected chi connectivity index (χ0v) is 30.2. The number of ether oxygens (including phenoxy) is 2. The van der Waals surface area contributed by atoms with Crippen molar-refractivity contribution >= 4 is 23.3 Å². The number of fused-ring (bicyclic) bond motifs is 2. The van der Waals surface area contributed by atoms with Gasteiger partial charge in [-0.25, -0.2) is 9.59 Å². The average molecular weight is 703 g/mol. The van der Waals surface area contributed by atoms with Gasteiger partial charge in [0.15, 0.2) is 0 Å². The van der Waals surface area contributed by atoms with E-state index in [4.69, 9.17) is 9.47 Å². The van der Waals surface area contributed by atoms with Gasteiger partial charge in [-0.1, -0.05) is 50.3 Å². The molecular formula is C42H46N4O6. The highest BCUT2D eigenvalue weighted by Crippen LogP contribution is 2.68. The molecule has 6 heterocycles. The number of hydrogen-bond acceptors (Lipinski definition) is 10.